The summed E-state index contributed by atoms with van der Waals surface area (Å²) in [7, 11) is 0. The lowest BCUT2D eigenvalue weighted by Gasteiger charge is -2.10. The van der Waals surface area contributed by atoms with Gasteiger partial charge in [-0.25, -0.2) is 13.6 Å². The monoisotopic (exact) mass is 417 g/mol. The number of carbonyl (C=O) groups is 2. The average Bonchev–Trinajstić information content (AvgIpc) is 3.06. The number of esters is 1. The Balaban J connectivity index is 1.60. The molecular formula is C22H21F2NO5. The van der Waals surface area contributed by atoms with E-state index in [9.17, 15) is 18.4 Å². The van der Waals surface area contributed by atoms with Crippen molar-refractivity contribution < 1.29 is 32.6 Å². The number of fused-ring (bicyclic) bond motifs is 1. The number of hydrogen-bond acceptors (Lipinski definition) is 5. The van der Waals surface area contributed by atoms with Gasteiger partial charge in [-0.05, 0) is 44.2 Å². The molecule has 0 saturated carbocycles. The largest absolute Gasteiger partial charge is 0.493 e. The molecule has 0 spiro atoms. The first kappa shape index (κ1) is 21.3. The topological polar surface area (TPSA) is 73.9 Å². The van der Waals surface area contributed by atoms with Crippen LogP contribution >= 0.6 is 0 Å². The molecule has 0 aromatic heterocycles. The maximum Gasteiger partial charge on any atom is 0.331 e. The van der Waals surface area contributed by atoms with Crippen LogP contribution in [0.2, 0.25) is 0 Å². The third-order valence-electron chi connectivity index (χ3n) is 4.28. The van der Waals surface area contributed by atoms with Crippen LogP contribution in [-0.2, 0) is 20.7 Å². The first-order chi connectivity index (χ1) is 14.4. The number of halogens is 2. The van der Waals surface area contributed by atoms with Crippen molar-refractivity contribution in [3.8, 4) is 11.5 Å². The van der Waals surface area contributed by atoms with E-state index in [2.05, 4.69) is 5.32 Å². The second-order valence-electron chi connectivity index (χ2n) is 6.68. The molecule has 8 heteroatoms. The van der Waals surface area contributed by atoms with Crippen LogP contribution in [0.25, 0.3) is 6.08 Å². The summed E-state index contributed by atoms with van der Waals surface area (Å²) in [4.78, 5) is 23.8. The van der Waals surface area contributed by atoms with Gasteiger partial charge >= 0.3 is 5.97 Å². The highest BCUT2D eigenvalue weighted by molar-refractivity contribution is 5.94. The summed E-state index contributed by atoms with van der Waals surface area (Å²) in [5, 5.41) is 2.15. The van der Waals surface area contributed by atoms with Crippen LogP contribution in [0, 0.1) is 11.6 Å². The lowest BCUT2D eigenvalue weighted by molar-refractivity contribution is -0.142. The predicted molar refractivity (Wildman–Crippen MR) is 106 cm³/mol. The third kappa shape index (κ3) is 5.34. The standard InChI is InChI=1S/C22H21F2NO5/c1-3-28-19-10-15-8-13(2)30-20(15)9-14(19)4-7-22(27)29-12-21(26)25-18-11-16(23)5-6-17(18)24/h4-7,9-11,13H,3,8,12H2,1-2H3,(H,25,26)/b7-4+/t13-/m0/s1. The first-order valence-corrected chi connectivity index (χ1v) is 9.41. The molecule has 2 aromatic rings. The molecule has 1 amide bonds. The Bertz CT molecular complexity index is 990. The predicted octanol–water partition coefficient (Wildman–Crippen LogP) is 3.88. The highest BCUT2D eigenvalue weighted by Crippen LogP contribution is 2.35. The zero-order valence-electron chi connectivity index (χ0n) is 16.5. The number of carbonyl (C=O) groups excluding carboxylic acids is 2. The molecule has 1 atom stereocenters. The highest BCUT2D eigenvalue weighted by Gasteiger charge is 2.21. The van der Waals surface area contributed by atoms with Crippen molar-refractivity contribution >= 4 is 23.6 Å². The second-order valence-corrected chi connectivity index (χ2v) is 6.68. The highest BCUT2D eigenvalue weighted by atomic mass is 19.1. The number of hydrogen-bond donors (Lipinski definition) is 1. The SMILES string of the molecule is CCOc1cc2c(cc1/C=C/C(=O)OCC(=O)Nc1cc(F)ccc1F)O[C@@H](C)C2. The maximum absolute atomic E-state index is 13.5. The van der Waals surface area contributed by atoms with Crippen LogP contribution in [-0.4, -0.2) is 31.2 Å². The molecule has 1 N–H and O–H groups in total. The fraction of sp³-hybridized carbons (Fsp3) is 0.273. The minimum Gasteiger partial charge on any atom is -0.493 e. The van der Waals surface area contributed by atoms with Crippen molar-refractivity contribution in [1.29, 1.82) is 0 Å². The quantitative estimate of drug-likeness (QED) is 0.547. The molecule has 0 saturated heterocycles. The Kier molecular flexibility index (Phi) is 6.66. The summed E-state index contributed by atoms with van der Waals surface area (Å²) in [6.45, 7) is 3.63. The average molecular weight is 417 g/mol. The summed E-state index contributed by atoms with van der Waals surface area (Å²) in [5.74, 6) is -1.73. The molecule has 0 bridgehead atoms. The Labute approximate surface area is 172 Å². The molecule has 6 nitrogen and oxygen atoms in total. The van der Waals surface area contributed by atoms with Gasteiger partial charge < -0.3 is 19.5 Å². The van der Waals surface area contributed by atoms with Gasteiger partial charge in [0.25, 0.3) is 5.91 Å². The number of amides is 1. The van der Waals surface area contributed by atoms with Crippen LogP contribution < -0.4 is 14.8 Å². The lowest BCUT2D eigenvalue weighted by Crippen LogP contribution is -2.20. The molecular weight excluding hydrogens is 396 g/mol. The van der Waals surface area contributed by atoms with Crippen LogP contribution in [0.1, 0.15) is 25.0 Å². The Morgan fingerprint density at radius 1 is 1.27 bits per heavy atom. The molecule has 0 aliphatic carbocycles. The van der Waals surface area contributed by atoms with Crippen LogP contribution in [0.4, 0.5) is 14.5 Å². The maximum atomic E-state index is 13.5. The fourth-order valence-electron chi connectivity index (χ4n) is 2.99. The van der Waals surface area contributed by atoms with Crippen LogP contribution in [0.5, 0.6) is 11.5 Å². The Morgan fingerprint density at radius 2 is 2.07 bits per heavy atom. The van der Waals surface area contributed by atoms with Crippen LogP contribution in [0.15, 0.2) is 36.4 Å². The smallest absolute Gasteiger partial charge is 0.331 e. The molecule has 1 heterocycles. The molecule has 30 heavy (non-hydrogen) atoms. The van der Waals surface area contributed by atoms with Gasteiger partial charge in [0, 0.05) is 29.7 Å². The Morgan fingerprint density at radius 3 is 2.83 bits per heavy atom. The van der Waals surface area contributed by atoms with Crippen molar-refractivity contribution in [3.05, 3.63) is 59.2 Å². The summed E-state index contributed by atoms with van der Waals surface area (Å²) >= 11 is 0. The number of nitrogens with one attached hydrogen (secondary N) is 1. The molecule has 1 aliphatic rings. The lowest BCUT2D eigenvalue weighted by atomic mass is 10.1. The Hall–Kier alpha value is -3.42. The summed E-state index contributed by atoms with van der Waals surface area (Å²) in [6, 6.07) is 6.32. The molecule has 0 unspecified atom stereocenters. The van der Waals surface area contributed by atoms with Gasteiger partial charge in [-0.1, -0.05) is 0 Å². The number of anilines is 1. The van der Waals surface area contributed by atoms with Gasteiger partial charge in [0.1, 0.15) is 29.2 Å². The molecule has 2 aromatic carbocycles. The van der Waals surface area contributed by atoms with Crippen molar-refractivity contribution in [2.75, 3.05) is 18.5 Å². The van der Waals surface area contributed by atoms with E-state index in [1.807, 2.05) is 19.9 Å². The first-order valence-electron chi connectivity index (χ1n) is 9.41. The summed E-state index contributed by atoms with van der Waals surface area (Å²) in [6.07, 6.45) is 3.51. The van der Waals surface area contributed by atoms with Gasteiger partial charge in [0.15, 0.2) is 6.61 Å². The van der Waals surface area contributed by atoms with Gasteiger partial charge in [0.05, 0.1) is 12.3 Å². The molecule has 1 aliphatic heterocycles. The summed E-state index contributed by atoms with van der Waals surface area (Å²) in [5.41, 5.74) is 1.33. The van der Waals surface area contributed by atoms with E-state index in [0.717, 1.165) is 42.0 Å². The van der Waals surface area contributed by atoms with E-state index in [1.165, 1.54) is 6.08 Å². The van der Waals surface area contributed by atoms with Crippen molar-refractivity contribution in [3.63, 3.8) is 0 Å². The zero-order chi connectivity index (χ0) is 21.7. The normalized spacial score (nSPS) is 14.9. The zero-order valence-corrected chi connectivity index (χ0v) is 16.5. The van der Waals surface area contributed by atoms with E-state index in [4.69, 9.17) is 14.2 Å². The van der Waals surface area contributed by atoms with Crippen molar-refractivity contribution in [2.45, 2.75) is 26.4 Å². The van der Waals surface area contributed by atoms with Crippen molar-refractivity contribution in [2.24, 2.45) is 0 Å². The van der Waals surface area contributed by atoms with E-state index in [-0.39, 0.29) is 11.8 Å². The van der Waals surface area contributed by atoms with E-state index < -0.39 is 30.1 Å². The van der Waals surface area contributed by atoms with Crippen molar-refractivity contribution in [1.82, 2.24) is 0 Å². The molecule has 0 fully saturated rings. The van der Waals surface area contributed by atoms with E-state index >= 15 is 0 Å². The van der Waals surface area contributed by atoms with E-state index in [0.29, 0.717) is 17.9 Å². The van der Waals surface area contributed by atoms with Gasteiger partial charge in [0.2, 0.25) is 0 Å². The minimum absolute atomic E-state index is 0.0695. The van der Waals surface area contributed by atoms with Gasteiger partial charge in [-0.15, -0.1) is 0 Å². The third-order valence-corrected chi connectivity index (χ3v) is 4.28. The number of rotatable bonds is 7. The number of ether oxygens (including phenoxy) is 3. The summed E-state index contributed by atoms with van der Waals surface area (Å²) < 4.78 is 42.9. The van der Waals surface area contributed by atoms with Crippen LogP contribution in [0.3, 0.4) is 0 Å². The number of benzene rings is 2. The van der Waals surface area contributed by atoms with E-state index in [1.54, 1.807) is 6.07 Å². The fourth-order valence-corrected chi connectivity index (χ4v) is 2.99. The minimum atomic E-state index is -0.799. The molecule has 0 radical (unpaired) electrons. The molecule has 3 rings (SSSR count). The van der Waals surface area contributed by atoms with Gasteiger partial charge in [-0.2, -0.15) is 0 Å². The van der Waals surface area contributed by atoms with Gasteiger partial charge in [-0.3, -0.25) is 4.79 Å². The second kappa shape index (κ2) is 9.39. The molecule has 158 valence electrons.